The van der Waals surface area contributed by atoms with Crippen LogP contribution in [-0.2, 0) is 11.2 Å². The summed E-state index contributed by atoms with van der Waals surface area (Å²) in [5.41, 5.74) is 6.11. The number of hydrogen-bond acceptors (Lipinski definition) is 3. The van der Waals surface area contributed by atoms with E-state index in [0.29, 0.717) is 17.7 Å². The molecule has 1 aromatic carbocycles. The number of rotatable bonds is 7. The fourth-order valence-electron chi connectivity index (χ4n) is 1.75. The second-order valence-corrected chi connectivity index (χ2v) is 5.67. The summed E-state index contributed by atoms with van der Waals surface area (Å²) >= 11 is 1.49. The van der Waals surface area contributed by atoms with Crippen LogP contribution < -0.4 is 11.1 Å². The lowest BCUT2D eigenvalue weighted by molar-refractivity contribution is -0.161. The van der Waals surface area contributed by atoms with Crippen LogP contribution in [0, 0.1) is 0 Å². The molecule has 3 N–H and O–H groups in total. The lowest BCUT2D eigenvalue weighted by Crippen LogP contribution is -2.52. The van der Waals surface area contributed by atoms with Crippen molar-refractivity contribution in [1.29, 1.82) is 0 Å². The van der Waals surface area contributed by atoms with Crippen molar-refractivity contribution in [1.82, 2.24) is 5.32 Å². The second-order valence-electron chi connectivity index (χ2n) is 4.68. The van der Waals surface area contributed by atoms with Crippen molar-refractivity contribution in [2.75, 3.05) is 12.0 Å². The highest BCUT2D eigenvalue weighted by Gasteiger charge is 2.41. The van der Waals surface area contributed by atoms with Crippen molar-refractivity contribution in [3.05, 3.63) is 35.9 Å². The van der Waals surface area contributed by atoms with E-state index in [4.69, 9.17) is 5.73 Å². The van der Waals surface area contributed by atoms with E-state index in [1.807, 2.05) is 11.6 Å². The number of nitrogens with two attached hydrogens (primary N) is 1. The van der Waals surface area contributed by atoms with Crippen LogP contribution in [0.1, 0.15) is 12.0 Å². The quantitative estimate of drug-likeness (QED) is 0.790. The number of halogens is 4. The van der Waals surface area contributed by atoms with Crippen LogP contribution in [0.5, 0.6) is 0 Å². The van der Waals surface area contributed by atoms with Crippen molar-refractivity contribution in [3.63, 3.8) is 0 Å². The van der Waals surface area contributed by atoms with E-state index in [1.54, 1.807) is 30.3 Å². The van der Waals surface area contributed by atoms with E-state index >= 15 is 0 Å². The third-order valence-electron chi connectivity index (χ3n) is 2.96. The van der Waals surface area contributed by atoms with Crippen molar-refractivity contribution in [3.8, 4) is 0 Å². The second kappa shape index (κ2) is 9.97. The van der Waals surface area contributed by atoms with Crippen LogP contribution in [0.15, 0.2) is 30.3 Å². The fourth-order valence-corrected chi connectivity index (χ4v) is 2.24. The zero-order chi connectivity index (χ0) is 15.9. The van der Waals surface area contributed by atoms with Gasteiger partial charge in [0.2, 0.25) is 5.91 Å². The highest BCUT2D eigenvalue weighted by Crippen LogP contribution is 2.23. The van der Waals surface area contributed by atoms with Gasteiger partial charge in [0.25, 0.3) is 0 Å². The molecule has 0 saturated heterocycles. The Kier molecular flexibility index (Phi) is 9.55. The van der Waals surface area contributed by atoms with E-state index in [9.17, 15) is 18.0 Å². The SMILES string of the molecule is CSCC[C@H](N)C(=O)NC(Cc1ccccc1)C(F)(F)F.Cl. The van der Waals surface area contributed by atoms with Gasteiger partial charge in [-0.3, -0.25) is 4.79 Å². The summed E-state index contributed by atoms with van der Waals surface area (Å²) in [5.74, 6) is -0.133. The molecule has 3 nitrogen and oxygen atoms in total. The number of alkyl halides is 3. The molecule has 2 atom stereocenters. The summed E-state index contributed by atoms with van der Waals surface area (Å²) < 4.78 is 39.1. The molecule has 1 aromatic rings. The Morgan fingerprint density at radius 3 is 2.41 bits per heavy atom. The number of nitrogens with one attached hydrogen (secondary N) is 1. The molecule has 0 fully saturated rings. The van der Waals surface area contributed by atoms with Gasteiger partial charge in [0.05, 0.1) is 6.04 Å². The molecule has 0 aliphatic carbocycles. The molecule has 0 aliphatic rings. The Labute approximate surface area is 138 Å². The standard InChI is InChI=1S/C14H19F3N2OS.ClH/c1-21-8-7-11(18)13(20)19-12(14(15,16)17)9-10-5-3-2-4-6-10;/h2-6,11-12H,7-9,18H2,1H3,(H,19,20);1H/t11-,12?;/m0./s1. The molecule has 0 saturated carbocycles. The van der Waals surface area contributed by atoms with Gasteiger partial charge in [0.15, 0.2) is 0 Å². The van der Waals surface area contributed by atoms with Gasteiger partial charge in [-0.15, -0.1) is 12.4 Å². The van der Waals surface area contributed by atoms with Gasteiger partial charge < -0.3 is 11.1 Å². The monoisotopic (exact) mass is 356 g/mol. The Bertz CT molecular complexity index is 445. The highest BCUT2D eigenvalue weighted by molar-refractivity contribution is 7.98. The maximum absolute atomic E-state index is 13.0. The Balaban J connectivity index is 0.00000441. The number of thioether (sulfide) groups is 1. The summed E-state index contributed by atoms with van der Waals surface area (Å²) in [7, 11) is 0. The summed E-state index contributed by atoms with van der Waals surface area (Å²) in [6.45, 7) is 0. The van der Waals surface area contributed by atoms with Gasteiger partial charge in [-0.1, -0.05) is 30.3 Å². The molecule has 0 bridgehead atoms. The molecule has 126 valence electrons. The van der Waals surface area contributed by atoms with Crippen LogP contribution >= 0.6 is 24.2 Å². The summed E-state index contributed by atoms with van der Waals surface area (Å²) in [6.07, 6.45) is -2.61. The molecule has 0 spiro atoms. The third-order valence-corrected chi connectivity index (χ3v) is 3.61. The highest BCUT2D eigenvalue weighted by atomic mass is 35.5. The molecule has 0 radical (unpaired) electrons. The van der Waals surface area contributed by atoms with Crippen LogP contribution in [0.25, 0.3) is 0 Å². The van der Waals surface area contributed by atoms with E-state index < -0.39 is 24.2 Å². The lowest BCUT2D eigenvalue weighted by atomic mass is 10.0. The van der Waals surface area contributed by atoms with E-state index in [2.05, 4.69) is 0 Å². The predicted molar refractivity (Wildman–Crippen MR) is 86.4 cm³/mol. The first kappa shape index (κ1) is 21.1. The van der Waals surface area contributed by atoms with Gasteiger partial charge in [0, 0.05) is 6.42 Å². The predicted octanol–water partition coefficient (Wildman–Crippen LogP) is 2.78. The van der Waals surface area contributed by atoms with E-state index in [-0.39, 0.29) is 18.8 Å². The maximum Gasteiger partial charge on any atom is 0.408 e. The van der Waals surface area contributed by atoms with Crippen LogP contribution in [0.2, 0.25) is 0 Å². The van der Waals surface area contributed by atoms with Gasteiger partial charge >= 0.3 is 6.18 Å². The lowest BCUT2D eigenvalue weighted by Gasteiger charge is -2.23. The first-order valence-electron chi connectivity index (χ1n) is 6.50. The molecule has 1 unspecified atom stereocenters. The summed E-state index contributed by atoms with van der Waals surface area (Å²) in [6, 6.07) is 5.40. The molecule has 0 heterocycles. The number of hydrogen-bond donors (Lipinski definition) is 2. The molecule has 0 aromatic heterocycles. The van der Waals surface area contributed by atoms with Gasteiger partial charge in [-0.2, -0.15) is 24.9 Å². The third kappa shape index (κ3) is 7.38. The van der Waals surface area contributed by atoms with Crippen LogP contribution in [-0.4, -0.2) is 36.2 Å². The molecule has 1 amide bonds. The Morgan fingerprint density at radius 2 is 1.91 bits per heavy atom. The van der Waals surface area contributed by atoms with Gasteiger partial charge in [0.1, 0.15) is 6.04 Å². The molecule has 0 aliphatic heterocycles. The number of carbonyl (C=O) groups is 1. The van der Waals surface area contributed by atoms with Crippen LogP contribution in [0.3, 0.4) is 0 Å². The Morgan fingerprint density at radius 1 is 1.32 bits per heavy atom. The molecule has 1 rings (SSSR count). The minimum Gasteiger partial charge on any atom is -0.343 e. The van der Waals surface area contributed by atoms with Crippen molar-refractivity contribution in [2.24, 2.45) is 5.73 Å². The van der Waals surface area contributed by atoms with Gasteiger partial charge in [-0.25, -0.2) is 0 Å². The normalized spacial score (nSPS) is 13.9. The number of amides is 1. The molecular weight excluding hydrogens is 337 g/mol. The average Bonchev–Trinajstić information content (AvgIpc) is 2.44. The van der Waals surface area contributed by atoms with Crippen LogP contribution in [0.4, 0.5) is 13.2 Å². The molecule has 8 heteroatoms. The minimum absolute atomic E-state index is 0. The van der Waals surface area contributed by atoms with Crippen molar-refractivity contribution in [2.45, 2.75) is 31.1 Å². The molecule has 22 heavy (non-hydrogen) atoms. The first-order chi connectivity index (χ1) is 9.84. The smallest absolute Gasteiger partial charge is 0.343 e. The summed E-state index contributed by atoms with van der Waals surface area (Å²) in [5, 5.41) is 2.02. The minimum atomic E-state index is -4.51. The maximum atomic E-state index is 13.0. The van der Waals surface area contributed by atoms with E-state index in [0.717, 1.165) is 0 Å². The number of benzene rings is 1. The zero-order valence-electron chi connectivity index (χ0n) is 12.1. The zero-order valence-corrected chi connectivity index (χ0v) is 13.7. The molecular formula is C14H20ClF3N2OS. The van der Waals surface area contributed by atoms with Gasteiger partial charge in [-0.05, 0) is 24.0 Å². The fraction of sp³-hybridized carbons (Fsp3) is 0.500. The number of carbonyl (C=O) groups excluding carboxylic acids is 1. The Hall–Kier alpha value is -0.920. The topological polar surface area (TPSA) is 55.1 Å². The van der Waals surface area contributed by atoms with Crippen molar-refractivity contribution >= 4 is 30.1 Å². The first-order valence-corrected chi connectivity index (χ1v) is 7.89. The van der Waals surface area contributed by atoms with Crippen molar-refractivity contribution < 1.29 is 18.0 Å². The largest absolute Gasteiger partial charge is 0.408 e. The average molecular weight is 357 g/mol. The van der Waals surface area contributed by atoms with E-state index in [1.165, 1.54) is 11.8 Å². The summed E-state index contributed by atoms with van der Waals surface area (Å²) in [4.78, 5) is 11.8.